The first kappa shape index (κ1) is 15.6. The number of rotatable bonds is 4. The molecule has 1 aromatic carbocycles. The van der Waals surface area contributed by atoms with Crippen LogP contribution < -0.4 is 10.0 Å². The Hall–Kier alpha value is -1.93. The smallest absolute Gasteiger partial charge is 0.238 e. The summed E-state index contributed by atoms with van der Waals surface area (Å²) in [5.41, 5.74) is 1.98. The van der Waals surface area contributed by atoms with Gasteiger partial charge in [-0.3, -0.25) is 0 Å². The van der Waals surface area contributed by atoms with E-state index in [1.54, 1.807) is 12.1 Å². The fraction of sp³-hybridized carbons (Fsp3) is 0.500. The highest BCUT2D eigenvalue weighted by molar-refractivity contribution is 7.89. The maximum absolute atomic E-state index is 11.5. The number of fused-ring (bicyclic) bond motifs is 1. The van der Waals surface area contributed by atoms with Gasteiger partial charge in [-0.2, -0.15) is 0 Å². The summed E-state index contributed by atoms with van der Waals surface area (Å²) in [6.07, 6.45) is 4.25. The number of hydrogen-bond donors (Lipinski definition) is 1. The van der Waals surface area contributed by atoms with E-state index in [4.69, 9.17) is 9.56 Å². The van der Waals surface area contributed by atoms with Gasteiger partial charge >= 0.3 is 0 Å². The molecule has 0 radical (unpaired) electrons. The van der Waals surface area contributed by atoms with E-state index in [1.165, 1.54) is 6.42 Å². The Bertz CT molecular complexity index is 873. The van der Waals surface area contributed by atoms with Gasteiger partial charge in [0.25, 0.3) is 0 Å². The van der Waals surface area contributed by atoms with Crippen LogP contribution in [0.15, 0.2) is 27.5 Å². The van der Waals surface area contributed by atoms with Gasteiger partial charge in [-0.15, -0.1) is 10.2 Å². The molecule has 1 fully saturated rings. The van der Waals surface area contributed by atoms with Crippen molar-refractivity contribution in [1.82, 2.24) is 10.2 Å². The summed E-state index contributed by atoms with van der Waals surface area (Å²) < 4.78 is 28.8. The van der Waals surface area contributed by atoms with Crippen molar-refractivity contribution in [2.45, 2.75) is 56.0 Å². The first-order chi connectivity index (χ1) is 11.4. The molecule has 2 aliphatic rings. The lowest BCUT2D eigenvalue weighted by Gasteiger charge is -2.23. The molecule has 1 aliphatic carbocycles. The number of sulfonamides is 1. The van der Waals surface area contributed by atoms with Crippen molar-refractivity contribution in [2.75, 3.05) is 4.90 Å². The molecule has 2 N–H and O–H groups in total. The van der Waals surface area contributed by atoms with Crippen molar-refractivity contribution in [3.05, 3.63) is 35.5 Å². The van der Waals surface area contributed by atoms with Crippen LogP contribution in [0.25, 0.3) is 0 Å². The molecule has 1 saturated carbocycles. The number of primary sulfonamides is 1. The molecule has 1 atom stereocenters. The number of hydrogen-bond acceptors (Lipinski definition) is 6. The Balaban J connectivity index is 1.57. The van der Waals surface area contributed by atoms with Crippen LogP contribution in [0.1, 0.15) is 49.4 Å². The van der Waals surface area contributed by atoms with Crippen molar-refractivity contribution < 1.29 is 12.8 Å². The third-order valence-corrected chi connectivity index (χ3v) is 5.89. The van der Waals surface area contributed by atoms with E-state index in [2.05, 4.69) is 22.0 Å². The Kier molecular flexibility index (Phi) is 3.61. The molecule has 0 amide bonds. The van der Waals surface area contributed by atoms with Crippen molar-refractivity contribution in [3.63, 3.8) is 0 Å². The van der Waals surface area contributed by atoms with Crippen LogP contribution in [0.3, 0.4) is 0 Å². The highest BCUT2D eigenvalue weighted by Gasteiger charge is 2.30. The van der Waals surface area contributed by atoms with Gasteiger partial charge in [-0.25, -0.2) is 13.6 Å². The van der Waals surface area contributed by atoms with Gasteiger partial charge in [-0.05, 0) is 49.9 Å². The van der Waals surface area contributed by atoms with Crippen LogP contribution in [0.2, 0.25) is 0 Å². The Morgan fingerprint density at radius 1 is 1.33 bits per heavy atom. The summed E-state index contributed by atoms with van der Waals surface area (Å²) in [6.45, 7) is 2.63. The predicted octanol–water partition coefficient (Wildman–Crippen LogP) is 1.94. The average molecular weight is 348 g/mol. The molecule has 7 nitrogen and oxygen atoms in total. The summed E-state index contributed by atoms with van der Waals surface area (Å²) in [5, 5.41) is 13.6. The Morgan fingerprint density at radius 2 is 2.12 bits per heavy atom. The maximum atomic E-state index is 11.5. The second-order valence-corrected chi connectivity index (χ2v) is 8.24. The topological polar surface area (TPSA) is 102 Å². The van der Waals surface area contributed by atoms with Crippen LogP contribution in [0, 0.1) is 0 Å². The lowest BCUT2D eigenvalue weighted by Crippen LogP contribution is -2.28. The highest BCUT2D eigenvalue weighted by Crippen LogP contribution is 2.37. The maximum Gasteiger partial charge on any atom is 0.238 e. The monoisotopic (exact) mass is 348 g/mol. The van der Waals surface area contributed by atoms with E-state index in [1.807, 2.05) is 6.07 Å². The number of anilines is 1. The lowest BCUT2D eigenvalue weighted by atomic mass is 9.85. The molecular formula is C16H20N4O3S. The number of benzene rings is 1. The van der Waals surface area contributed by atoms with E-state index in [0.717, 1.165) is 36.4 Å². The molecule has 4 rings (SSSR count). The quantitative estimate of drug-likeness (QED) is 0.906. The molecule has 0 bridgehead atoms. The van der Waals surface area contributed by atoms with Crippen molar-refractivity contribution in [1.29, 1.82) is 0 Å². The number of nitrogens with two attached hydrogens (primary N) is 1. The van der Waals surface area contributed by atoms with E-state index in [9.17, 15) is 8.42 Å². The normalized spacial score (nSPS) is 20.9. The highest BCUT2D eigenvalue weighted by atomic mass is 32.2. The van der Waals surface area contributed by atoms with E-state index >= 15 is 0 Å². The predicted molar refractivity (Wildman–Crippen MR) is 88.1 cm³/mol. The second kappa shape index (κ2) is 5.56. The Labute approximate surface area is 140 Å². The molecule has 1 aromatic heterocycles. The van der Waals surface area contributed by atoms with Gasteiger partial charge in [0.2, 0.25) is 21.8 Å². The summed E-state index contributed by atoms with van der Waals surface area (Å²) in [6, 6.07) is 5.25. The third-order valence-electron chi connectivity index (χ3n) is 4.98. The molecule has 2 aromatic rings. The van der Waals surface area contributed by atoms with Gasteiger partial charge in [0.05, 0.1) is 11.4 Å². The van der Waals surface area contributed by atoms with Crippen LogP contribution in [-0.2, 0) is 23.0 Å². The van der Waals surface area contributed by atoms with E-state index in [-0.39, 0.29) is 10.9 Å². The molecule has 8 heteroatoms. The molecule has 0 saturated heterocycles. The minimum absolute atomic E-state index is 0.153. The SMILES string of the molecule is CC1Cc2cc(S(N)(=O)=O)ccc2N1Cc1nnc(C2CCC2)o1. The fourth-order valence-corrected chi connectivity index (χ4v) is 3.95. The van der Waals surface area contributed by atoms with Crippen LogP contribution in [0.5, 0.6) is 0 Å². The number of aromatic nitrogens is 2. The largest absolute Gasteiger partial charge is 0.423 e. The molecule has 2 heterocycles. The second-order valence-electron chi connectivity index (χ2n) is 6.68. The summed E-state index contributed by atoms with van der Waals surface area (Å²) in [7, 11) is -3.68. The van der Waals surface area contributed by atoms with Gasteiger partial charge in [0, 0.05) is 17.6 Å². The van der Waals surface area contributed by atoms with Crippen LogP contribution >= 0.6 is 0 Å². The minimum atomic E-state index is -3.68. The van der Waals surface area contributed by atoms with Crippen molar-refractivity contribution in [2.24, 2.45) is 5.14 Å². The van der Waals surface area contributed by atoms with Crippen molar-refractivity contribution in [3.8, 4) is 0 Å². The molecular weight excluding hydrogens is 328 g/mol. The first-order valence-electron chi connectivity index (χ1n) is 8.16. The zero-order valence-electron chi connectivity index (χ0n) is 13.5. The zero-order chi connectivity index (χ0) is 16.9. The van der Waals surface area contributed by atoms with Gasteiger partial charge in [0.15, 0.2) is 0 Å². The summed E-state index contributed by atoms with van der Waals surface area (Å²) >= 11 is 0. The van der Waals surface area contributed by atoms with Crippen LogP contribution in [-0.4, -0.2) is 24.7 Å². The molecule has 128 valence electrons. The molecule has 0 spiro atoms. The van der Waals surface area contributed by atoms with Gasteiger partial charge in [-0.1, -0.05) is 6.42 Å². The minimum Gasteiger partial charge on any atom is -0.423 e. The summed E-state index contributed by atoms with van der Waals surface area (Å²) in [5.74, 6) is 1.77. The van der Waals surface area contributed by atoms with Gasteiger partial charge in [0.1, 0.15) is 0 Å². The molecule has 1 unspecified atom stereocenters. The zero-order valence-corrected chi connectivity index (χ0v) is 14.3. The third kappa shape index (κ3) is 2.69. The lowest BCUT2D eigenvalue weighted by molar-refractivity contribution is 0.323. The van der Waals surface area contributed by atoms with E-state index in [0.29, 0.717) is 18.4 Å². The molecule has 1 aliphatic heterocycles. The number of nitrogens with zero attached hydrogens (tertiary/aromatic N) is 3. The molecule has 24 heavy (non-hydrogen) atoms. The van der Waals surface area contributed by atoms with E-state index < -0.39 is 10.0 Å². The standard InChI is InChI=1S/C16H20N4O3S/c1-10-7-12-8-13(24(17,21)22)5-6-14(12)20(10)9-15-18-19-16(23-15)11-3-2-4-11/h5-6,8,10-11H,2-4,7,9H2,1H3,(H2,17,21,22). The summed E-state index contributed by atoms with van der Waals surface area (Å²) in [4.78, 5) is 2.32. The van der Waals surface area contributed by atoms with Crippen molar-refractivity contribution >= 4 is 15.7 Å². The fourth-order valence-electron chi connectivity index (χ4n) is 3.39. The van der Waals surface area contributed by atoms with Gasteiger partial charge < -0.3 is 9.32 Å². The first-order valence-corrected chi connectivity index (χ1v) is 9.71. The average Bonchev–Trinajstić information content (AvgIpc) is 3.02. The van der Waals surface area contributed by atoms with Crippen LogP contribution in [0.4, 0.5) is 5.69 Å². The Morgan fingerprint density at radius 3 is 2.79 bits per heavy atom.